The summed E-state index contributed by atoms with van der Waals surface area (Å²) in [6.07, 6.45) is 5.64. The van der Waals surface area contributed by atoms with Crippen LogP contribution < -0.4 is 5.73 Å². The average Bonchev–Trinajstić information content (AvgIpc) is 2.40. The molecule has 1 saturated carbocycles. The van der Waals surface area contributed by atoms with Crippen molar-refractivity contribution in [3.8, 4) is 0 Å². The molecule has 1 fully saturated rings. The van der Waals surface area contributed by atoms with Crippen LogP contribution in [0, 0.1) is 0 Å². The number of nitrogens with zero attached hydrogens (tertiary/aromatic N) is 1. The third-order valence-corrected chi connectivity index (χ3v) is 6.19. The van der Waals surface area contributed by atoms with Crippen molar-refractivity contribution in [3.63, 3.8) is 0 Å². The largest absolute Gasteiger partial charge is 0.385 e. The highest BCUT2D eigenvalue weighted by atomic mass is 32.2. The van der Waals surface area contributed by atoms with Crippen LogP contribution in [0.5, 0.6) is 0 Å². The summed E-state index contributed by atoms with van der Waals surface area (Å²) in [5.74, 6) is 0.149. The van der Waals surface area contributed by atoms with E-state index < -0.39 is 10.0 Å². The van der Waals surface area contributed by atoms with Crippen LogP contribution in [-0.4, -0.2) is 50.8 Å². The molecule has 0 aromatic rings. The number of ether oxygens (including phenoxy) is 1. The predicted octanol–water partition coefficient (Wildman–Crippen LogP) is 1.34. The van der Waals surface area contributed by atoms with Crippen LogP contribution in [0.2, 0.25) is 0 Å². The predicted molar refractivity (Wildman–Crippen MR) is 77.5 cm³/mol. The van der Waals surface area contributed by atoms with Gasteiger partial charge in [-0.3, -0.25) is 0 Å². The standard InChI is InChI=1S/C13H28N2O3S/c1-3-15(19(16,17)11-7-10-18-2)13(12-14)8-5-4-6-9-13/h3-12,14H2,1-2H3. The molecule has 5 nitrogen and oxygen atoms in total. The Morgan fingerprint density at radius 3 is 2.37 bits per heavy atom. The number of nitrogens with two attached hydrogens (primary N) is 1. The highest BCUT2D eigenvalue weighted by Gasteiger charge is 2.41. The fourth-order valence-electron chi connectivity index (χ4n) is 3.09. The number of methoxy groups -OCH3 is 1. The Bertz CT molecular complexity index is 351. The van der Waals surface area contributed by atoms with E-state index in [4.69, 9.17) is 10.5 Å². The first-order valence-electron chi connectivity index (χ1n) is 7.22. The van der Waals surface area contributed by atoms with Gasteiger partial charge in [0.1, 0.15) is 0 Å². The van der Waals surface area contributed by atoms with Crippen molar-refractivity contribution in [2.24, 2.45) is 5.73 Å². The molecule has 19 heavy (non-hydrogen) atoms. The second kappa shape index (κ2) is 7.57. The van der Waals surface area contributed by atoms with E-state index in [9.17, 15) is 8.42 Å². The molecule has 0 aliphatic heterocycles. The van der Waals surface area contributed by atoms with Crippen LogP contribution in [0.3, 0.4) is 0 Å². The highest BCUT2D eigenvalue weighted by Crippen LogP contribution is 2.34. The number of likely N-dealkylation sites (N-methyl/N-ethyl adjacent to an activating group) is 1. The van der Waals surface area contributed by atoms with Gasteiger partial charge in [0.25, 0.3) is 0 Å². The first-order chi connectivity index (χ1) is 9.02. The van der Waals surface area contributed by atoms with E-state index >= 15 is 0 Å². The second-order valence-electron chi connectivity index (χ2n) is 5.32. The first-order valence-corrected chi connectivity index (χ1v) is 8.83. The molecule has 6 heteroatoms. The molecular formula is C13H28N2O3S. The summed E-state index contributed by atoms with van der Waals surface area (Å²) < 4.78 is 31.6. The minimum absolute atomic E-state index is 0.149. The molecule has 1 aliphatic rings. The summed E-state index contributed by atoms with van der Waals surface area (Å²) in [4.78, 5) is 0. The molecule has 0 heterocycles. The lowest BCUT2D eigenvalue weighted by Gasteiger charge is -2.44. The smallest absolute Gasteiger partial charge is 0.214 e. The molecule has 0 aromatic carbocycles. The summed E-state index contributed by atoms with van der Waals surface area (Å²) >= 11 is 0. The van der Waals surface area contributed by atoms with Gasteiger partial charge < -0.3 is 10.5 Å². The highest BCUT2D eigenvalue weighted by molar-refractivity contribution is 7.89. The Morgan fingerprint density at radius 1 is 1.26 bits per heavy atom. The molecule has 0 atom stereocenters. The maximum absolute atomic E-state index is 12.5. The minimum Gasteiger partial charge on any atom is -0.385 e. The fourth-order valence-corrected chi connectivity index (χ4v) is 5.03. The Hall–Kier alpha value is -0.170. The van der Waals surface area contributed by atoms with Gasteiger partial charge in [-0.25, -0.2) is 8.42 Å². The van der Waals surface area contributed by atoms with Crippen LogP contribution in [-0.2, 0) is 14.8 Å². The summed E-state index contributed by atoms with van der Waals surface area (Å²) in [5, 5.41) is 0. The number of rotatable bonds is 8. The number of hydrogen-bond acceptors (Lipinski definition) is 4. The number of sulfonamides is 1. The van der Waals surface area contributed by atoms with Crippen LogP contribution in [0.1, 0.15) is 45.4 Å². The lowest BCUT2D eigenvalue weighted by molar-refractivity contribution is 0.140. The van der Waals surface area contributed by atoms with Gasteiger partial charge in [0, 0.05) is 32.3 Å². The van der Waals surface area contributed by atoms with Gasteiger partial charge in [-0.05, 0) is 19.3 Å². The topological polar surface area (TPSA) is 72.6 Å². The van der Waals surface area contributed by atoms with Gasteiger partial charge in [0.05, 0.1) is 5.75 Å². The van der Waals surface area contributed by atoms with Crippen molar-refractivity contribution in [1.82, 2.24) is 4.31 Å². The molecule has 0 saturated heterocycles. The molecule has 1 aliphatic carbocycles. The quantitative estimate of drug-likeness (QED) is 0.685. The molecule has 0 unspecified atom stereocenters. The van der Waals surface area contributed by atoms with E-state index in [-0.39, 0.29) is 11.3 Å². The second-order valence-corrected chi connectivity index (χ2v) is 7.33. The van der Waals surface area contributed by atoms with Crippen LogP contribution in [0.4, 0.5) is 0 Å². The molecule has 2 N–H and O–H groups in total. The normalized spacial score (nSPS) is 19.8. The van der Waals surface area contributed by atoms with Crippen molar-refractivity contribution >= 4 is 10.0 Å². The average molecular weight is 292 g/mol. The van der Waals surface area contributed by atoms with Gasteiger partial charge in [-0.15, -0.1) is 0 Å². The molecule has 1 rings (SSSR count). The molecule has 0 aromatic heterocycles. The van der Waals surface area contributed by atoms with Crippen molar-refractivity contribution in [1.29, 1.82) is 0 Å². The van der Waals surface area contributed by atoms with E-state index in [2.05, 4.69) is 0 Å². The van der Waals surface area contributed by atoms with Gasteiger partial charge >= 0.3 is 0 Å². The monoisotopic (exact) mass is 292 g/mol. The van der Waals surface area contributed by atoms with E-state index in [0.29, 0.717) is 26.1 Å². The fraction of sp³-hybridized carbons (Fsp3) is 1.00. The SMILES string of the molecule is CCN(C1(CN)CCCCC1)S(=O)(=O)CCCOC. The maximum atomic E-state index is 12.5. The van der Waals surface area contributed by atoms with Crippen LogP contribution in [0.15, 0.2) is 0 Å². The van der Waals surface area contributed by atoms with Gasteiger partial charge in [0.15, 0.2) is 0 Å². The lowest BCUT2D eigenvalue weighted by Crippen LogP contribution is -2.57. The van der Waals surface area contributed by atoms with Crippen LogP contribution >= 0.6 is 0 Å². The van der Waals surface area contributed by atoms with Crippen LogP contribution in [0.25, 0.3) is 0 Å². The summed E-state index contributed by atoms with van der Waals surface area (Å²) in [6.45, 7) is 3.31. The minimum atomic E-state index is -3.24. The van der Waals surface area contributed by atoms with Gasteiger partial charge in [-0.2, -0.15) is 4.31 Å². The molecule has 0 bridgehead atoms. The van der Waals surface area contributed by atoms with E-state index in [1.165, 1.54) is 6.42 Å². The molecule has 0 amide bonds. The Kier molecular flexibility index (Phi) is 6.73. The molecule has 0 spiro atoms. The van der Waals surface area contributed by atoms with Gasteiger partial charge in [0.2, 0.25) is 10.0 Å². The number of hydrogen-bond donors (Lipinski definition) is 1. The molecule has 114 valence electrons. The third kappa shape index (κ3) is 4.15. The lowest BCUT2D eigenvalue weighted by atomic mass is 9.81. The van der Waals surface area contributed by atoms with Crippen molar-refractivity contribution in [3.05, 3.63) is 0 Å². The molecule has 0 radical (unpaired) electrons. The maximum Gasteiger partial charge on any atom is 0.214 e. The summed E-state index contributed by atoms with van der Waals surface area (Å²) in [5.41, 5.74) is 5.59. The summed E-state index contributed by atoms with van der Waals surface area (Å²) in [7, 11) is -1.65. The third-order valence-electron chi connectivity index (χ3n) is 4.07. The zero-order valence-electron chi connectivity index (χ0n) is 12.2. The zero-order valence-corrected chi connectivity index (χ0v) is 13.0. The zero-order chi connectivity index (χ0) is 14.4. The molecular weight excluding hydrogens is 264 g/mol. The van der Waals surface area contributed by atoms with Crippen molar-refractivity contribution in [2.45, 2.75) is 51.0 Å². The Morgan fingerprint density at radius 2 is 1.89 bits per heavy atom. The van der Waals surface area contributed by atoms with Crippen molar-refractivity contribution < 1.29 is 13.2 Å². The van der Waals surface area contributed by atoms with E-state index in [1.54, 1.807) is 11.4 Å². The van der Waals surface area contributed by atoms with Gasteiger partial charge in [-0.1, -0.05) is 26.2 Å². The Labute approximate surface area is 117 Å². The summed E-state index contributed by atoms with van der Waals surface area (Å²) in [6, 6.07) is 0. The Balaban J connectivity index is 2.84. The first kappa shape index (κ1) is 16.9. The van der Waals surface area contributed by atoms with E-state index in [0.717, 1.165) is 25.7 Å². The van der Waals surface area contributed by atoms with Crippen molar-refractivity contribution in [2.75, 3.05) is 32.6 Å². The van der Waals surface area contributed by atoms with E-state index in [1.807, 2.05) is 6.92 Å².